The van der Waals surface area contributed by atoms with Crippen molar-refractivity contribution < 1.29 is 12.3 Å². The number of nitrogens with one attached hydrogen (secondary N) is 1. The number of fused-ring (bicyclic) bond motifs is 4. The quantitative estimate of drug-likeness (QED) is 0.220. The fourth-order valence-corrected chi connectivity index (χ4v) is 5.49. The molecule has 5 nitrogen and oxygen atoms in total. The summed E-state index contributed by atoms with van der Waals surface area (Å²) in [5.41, 5.74) is 5.16. The molecule has 2 heterocycles. The Kier molecular flexibility index (Phi) is 5.93. The molecule has 0 saturated heterocycles. The first-order chi connectivity index (χ1) is 17.3. The molecule has 0 aliphatic heterocycles. The first-order valence-electron chi connectivity index (χ1n) is 11.9. The van der Waals surface area contributed by atoms with Gasteiger partial charge in [0.05, 0.1) is 15.8 Å². The fourth-order valence-electron chi connectivity index (χ4n) is 4.99. The maximum atomic E-state index is 13.8. The number of aromatic amines is 1. The Morgan fingerprint density at radius 2 is 1.86 bits per heavy atom. The summed E-state index contributed by atoms with van der Waals surface area (Å²) in [5, 5.41) is 2.02. The second-order valence-electron chi connectivity index (χ2n) is 8.92. The van der Waals surface area contributed by atoms with Crippen molar-refractivity contribution in [1.29, 1.82) is 0 Å². The monoisotopic (exact) mass is 500 g/mol. The molecule has 0 saturated carbocycles. The van der Waals surface area contributed by atoms with Crippen molar-refractivity contribution in [1.82, 2.24) is 9.55 Å². The molecule has 1 N–H and O–H groups in total. The number of unbranched alkanes of at least 4 members (excludes halogenated alkanes) is 1. The van der Waals surface area contributed by atoms with Crippen molar-refractivity contribution in [3.05, 3.63) is 75.9 Å². The van der Waals surface area contributed by atoms with E-state index in [1.54, 1.807) is 6.07 Å². The van der Waals surface area contributed by atoms with E-state index in [0.717, 1.165) is 46.0 Å². The first-order valence-corrected chi connectivity index (χ1v) is 13.3. The second-order valence-corrected chi connectivity index (χ2v) is 10.3. The fraction of sp³-hybridized carbons (Fsp3) is 0.207. The van der Waals surface area contributed by atoms with E-state index in [0.29, 0.717) is 34.9 Å². The van der Waals surface area contributed by atoms with Gasteiger partial charge in [-0.25, -0.2) is 0 Å². The highest BCUT2D eigenvalue weighted by molar-refractivity contribution is 7.86. The smallest absolute Gasteiger partial charge is 0.332 e. The van der Waals surface area contributed by atoms with Crippen LogP contribution in [0.4, 0.5) is 3.89 Å². The Balaban J connectivity index is 1.89. The minimum Gasteiger partial charge on any atom is -0.340 e. The molecule has 0 bridgehead atoms. The number of aryl methyl sites for hydroxylation is 2. The van der Waals surface area contributed by atoms with E-state index in [1.165, 1.54) is 18.2 Å². The van der Waals surface area contributed by atoms with E-state index in [1.807, 2.05) is 41.8 Å². The Morgan fingerprint density at radius 3 is 2.56 bits per heavy atom. The predicted octanol–water partition coefficient (Wildman–Crippen LogP) is 6.31. The minimum atomic E-state index is -4.85. The number of terminal acetylenes is 1. The Labute approximate surface area is 208 Å². The SMILES string of the molecule is C#Cc1ccc2c(c1)[nH]c1c2c(=O)c2cc(CCCC)c(-c3cccc(S(=O)(=O)F)c3)cc2n1CC. The lowest BCUT2D eigenvalue weighted by Crippen LogP contribution is -2.11. The number of hydrogen-bond donors (Lipinski definition) is 1. The standard InChI is InChI=1S/C29H25FN2O3S/c1-4-7-9-20-16-24-26(17-23(20)19-10-8-11-21(15-19)36(30,34)35)32(6-3)29-27(28(24)33)22-13-12-18(5-2)14-25(22)31-29/h2,8,10-17,31H,4,6-7,9H2,1,3H3. The van der Waals surface area contributed by atoms with E-state index >= 15 is 0 Å². The number of pyridine rings is 1. The van der Waals surface area contributed by atoms with Gasteiger partial charge in [-0.2, -0.15) is 8.42 Å². The summed E-state index contributed by atoms with van der Waals surface area (Å²) < 4.78 is 39.0. The van der Waals surface area contributed by atoms with E-state index in [9.17, 15) is 17.1 Å². The summed E-state index contributed by atoms with van der Waals surface area (Å²) in [7, 11) is -4.85. The van der Waals surface area contributed by atoms with Gasteiger partial charge in [-0.05, 0) is 72.9 Å². The van der Waals surface area contributed by atoms with Crippen LogP contribution in [0, 0.1) is 12.3 Å². The first kappa shape index (κ1) is 23.8. The highest BCUT2D eigenvalue weighted by atomic mass is 32.3. The van der Waals surface area contributed by atoms with E-state index in [4.69, 9.17) is 6.42 Å². The van der Waals surface area contributed by atoms with Crippen molar-refractivity contribution in [3.63, 3.8) is 0 Å². The van der Waals surface area contributed by atoms with Crippen LogP contribution in [-0.4, -0.2) is 18.0 Å². The molecule has 36 heavy (non-hydrogen) atoms. The van der Waals surface area contributed by atoms with Crippen LogP contribution >= 0.6 is 0 Å². The largest absolute Gasteiger partial charge is 0.340 e. The van der Waals surface area contributed by atoms with Crippen molar-refractivity contribution in [2.75, 3.05) is 0 Å². The van der Waals surface area contributed by atoms with E-state index in [2.05, 4.69) is 17.8 Å². The molecule has 0 aliphatic carbocycles. The molecule has 0 atom stereocenters. The molecule has 0 amide bonds. The van der Waals surface area contributed by atoms with Gasteiger partial charge in [0.25, 0.3) is 0 Å². The van der Waals surface area contributed by atoms with E-state index in [-0.39, 0.29) is 10.3 Å². The van der Waals surface area contributed by atoms with Gasteiger partial charge in [-0.3, -0.25) is 4.79 Å². The van der Waals surface area contributed by atoms with Gasteiger partial charge in [-0.15, -0.1) is 10.3 Å². The van der Waals surface area contributed by atoms with Gasteiger partial charge < -0.3 is 9.55 Å². The molecular formula is C29H25FN2O3S. The van der Waals surface area contributed by atoms with Gasteiger partial charge in [0.2, 0.25) is 0 Å². The van der Waals surface area contributed by atoms with Gasteiger partial charge in [0.1, 0.15) is 5.65 Å². The van der Waals surface area contributed by atoms with Gasteiger partial charge in [0.15, 0.2) is 5.43 Å². The lowest BCUT2D eigenvalue weighted by molar-refractivity contribution is 0.552. The number of halogens is 1. The van der Waals surface area contributed by atoms with E-state index < -0.39 is 10.2 Å². The van der Waals surface area contributed by atoms with Crippen LogP contribution in [-0.2, 0) is 23.2 Å². The molecule has 182 valence electrons. The normalized spacial score (nSPS) is 11.9. The van der Waals surface area contributed by atoms with Crippen LogP contribution < -0.4 is 5.43 Å². The van der Waals surface area contributed by atoms with Crippen LogP contribution in [0.1, 0.15) is 37.8 Å². The molecule has 7 heteroatoms. The Hall–Kier alpha value is -3.89. The third-order valence-electron chi connectivity index (χ3n) is 6.74. The molecular weight excluding hydrogens is 475 g/mol. The molecule has 3 aromatic carbocycles. The summed E-state index contributed by atoms with van der Waals surface area (Å²) in [6.45, 7) is 4.68. The van der Waals surface area contributed by atoms with Gasteiger partial charge in [0, 0.05) is 28.4 Å². The Morgan fingerprint density at radius 1 is 1.06 bits per heavy atom. The van der Waals surface area contributed by atoms with Crippen molar-refractivity contribution in [3.8, 4) is 23.5 Å². The van der Waals surface area contributed by atoms with Crippen LogP contribution in [0.25, 0.3) is 44.0 Å². The van der Waals surface area contributed by atoms with Crippen molar-refractivity contribution in [2.45, 2.75) is 44.6 Å². The summed E-state index contributed by atoms with van der Waals surface area (Å²) in [6.07, 6.45) is 8.13. The average Bonchev–Trinajstić information content (AvgIpc) is 3.25. The molecule has 0 unspecified atom stereocenters. The number of nitrogens with zero attached hydrogens (tertiary/aromatic N) is 1. The molecule has 5 aromatic rings. The second kappa shape index (κ2) is 8.96. The van der Waals surface area contributed by atoms with Crippen LogP contribution in [0.15, 0.2) is 64.3 Å². The molecule has 0 fully saturated rings. The van der Waals surface area contributed by atoms with Crippen LogP contribution in [0.5, 0.6) is 0 Å². The molecule has 0 aliphatic rings. The maximum absolute atomic E-state index is 13.8. The number of rotatable bonds is 6. The molecule has 0 radical (unpaired) electrons. The highest BCUT2D eigenvalue weighted by Gasteiger charge is 2.19. The maximum Gasteiger partial charge on any atom is 0.332 e. The Bertz CT molecular complexity index is 1880. The summed E-state index contributed by atoms with van der Waals surface area (Å²) in [6, 6.07) is 15.3. The predicted molar refractivity (Wildman–Crippen MR) is 144 cm³/mol. The molecule has 0 spiro atoms. The lowest BCUT2D eigenvalue weighted by Gasteiger charge is -2.16. The molecule has 5 rings (SSSR count). The third kappa shape index (κ3) is 3.88. The topological polar surface area (TPSA) is 71.9 Å². The minimum absolute atomic E-state index is 0.0752. The zero-order chi connectivity index (χ0) is 25.6. The van der Waals surface area contributed by atoms with Crippen LogP contribution in [0.3, 0.4) is 0 Å². The summed E-state index contributed by atoms with van der Waals surface area (Å²) >= 11 is 0. The molecule has 2 aromatic heterocycles. The van der Waals surface area contributed by atoms with Gasteiger partial charge >= 0.3 is 10.2 Å². The number of benzene rings is 3. The van der Waals surface area contributed by atoms with Crippen molar-refractivity contribution >= 4 is 43.1 Å². The number of hydrogen-bond acceptors (Lipinski definition) is 3. The summed E-state index contributed by atoms with van der Waals surface area (Å²) in [5.74, 6) is 2.63. The summed E-state index contributed by atoms with van der Waals surface area (Å²) in [4.78, 5) is 16.8. The van der Waals surface area contributed by atoms with Gasteiger partial charge in [-0.1, -0.05) is 37.5 Å². The zero-order valence-electron chi connectivity index (χ0n) is 20.1. The zero-order valence-corrected chi connectivity index (χ0v) is 20.9. The van der Waals surface area contributed by atoms with Crippen LogP contribution in [0.2, 0.25) is 0 Å². The lowest BCUT2D eigenvalue weighted by atomic mass is 9.93. The number of H-pyrrole nitrogens is 1. The highest BCUT2D eigenvalue weighted by Crippen LogP contribution is 2.33. The third-order valence-corrected chi connectivity index (χ3v) is 7.56. The average molecular weight is 501 g/mol. The van der Waals surface area contributed by atoms with Crippen molar-refractivity contribution in [2.24, 2.45) is 0 Å². The number of aromatic nitrogens is 2.